The van der Waals surface area contributed by atoms with E-state index in [1.807, 2.05) is 54.6 Å². The van der Waals surface area contributed by atoms with Crippen LogP contribution < -0.4 is 9.47 Å². The zero-order valence-electron chi connectivity index (χ0n) is 11.5. The van der Waals surface area contributed by atoms with Gasteiger partial charge in [-0.1, -0.05) is 30.3 Å². The van der Waals surface area contributed by atoms with Gasteiger partial charge in [-0.05, 0) is 24.3 Å². The monoisotopic (exact) mass is 299 g/mol. The number of hydrogen-bond acceptors (Lipinski definition) is 3. The SMILES string of the molecule is COc1ccccc1Oc1nc2ccccc2cc1CCl. The van der Waals surface area contributed by atoms with E-state index < -0.39 is 0 Å². The first kappa shape index (κ1) is 13.7. The molecule has 0 N–H and O–H groups in total. The zero-order valence-corrected chi connectivity index (χ0v) is 12.3. The molecule has 0 saturated carbocycles. The van der Waals surface area contributed by atoms with E-state index in [1.54, 1.807) is 7.11 Å². The van der Waals surface area contributed by atoms with Gasteiger partial charge in [0.25, 0.3) is 0 Å². The average Bonchev–Trinajstić information content (AvgIpc) is 2.54. The molecule has 21 heavy (non-hydrogen) atoms. The Labute approximate surface area is 128 Å². The molecule has 3 nitrogen and oxygen atoms in total. The first-order valence-electron chi connectivity index (χ1n) is 6.57. The van der Waals surface area contributed by atoms with Crippen molar-refractivity contribution in [1.29, 1.82) is 0 Å². The van der Waals surface area contributed by atoms with Crippen molar-refractivity contribution in [3.8, 4) is 17.4 Å². The van der Waals surface area contributed by atoms with Gasteiger partial charge in [-0.25, -0.2) is 4.98 Å². The maximum Gasteiger partial charge on any atom is 0.224 e. The van der Waals surface area contributed by atoms with Crippen LogP contribution in [0, 0.1) is 0 Å². The van der Waals surface area contributed by atoms with Gasteiger partial charge in [0.1, 0.15) is 0 Å². The Hall–Kier alpha value is -2.26. The van der Waals surface area contributed by atoms with Crippen LogP contribution in [0.1, 0.15) is 5.56 Å². The van der Waals surface area contributed by atoms with Crippen LogP contribution in [0.25, 0.3) is 10.9 Å². The summed E-state index contributed by atoms with van der Waals surface area (Å²) in [6, 6.07) is 17.3. The topological polar surface area (TPSA) is 31.4 Å². The van der Waals surface area contributed by atoms with Crippen molar-refractivity contribution in [2.24, 2.45) is 0 Å². The molecule has 1 heterocycles. The maximum atomic E-state index is 6.02. The molecule has 0 atom stereocenters. The number of rotatable bonds is 4. The molecule has 3 aromatic rings. The van der Waals surface area contributed by atoms with Gasteiger partial charge in [0, 0.05) is 10.9 Å². The predicted octanol–water partition coefficient (Wildman–Crippen LogP) is 4.77. The highest BCUT2D eigenvalue weighted by Crippen LogP contribution is 2.33. The van der Waals surface area contributed by atoms with Crippen molar-refractivity contribution >= 4 is 22.5 Å². The lowest BCUT2D eigenvalue weighted by molar-refractivity contribution is 0.373. The second kappa shape index (κ2) is 6.02. The van der Waals surface area contributed by atoms with Gasteiger partial charge in [0.15, 0.2) is 11.5 Å². The highest BCUT2D eigenvalue weighted by molar-refractivity contribution is 6.17. The summed E-state index contributed by atoms with van der Waals surface area (Å²) < 4.78 is 11.2. The van der Waals surface area contributed by atoms with E-state index in [1.165, 1.54) is 0 Å². The van der Waals surface area contributed by atoms with Gasteiger partial charge in [-0.2, -0.15) is 0 Å². The number of benzene rings is 2. The van der Waals surface area contributed by atoms with Crippen LogP contribution in [0.4, 0.5) is 0 Å². The minimum Gasteiger partial charge on any atom is -0.493 e. The summed E-state index contributed by atoms with van der Waals surface area (Å²) in [6.07, 6.45) is 0. The Morgan fingerprint density at radius 2 is 1.71 bits per heavy atom. The third-order valence-electron chi connectivity index (χ3n) is 3.18. The second-order valence-electron chi connectivity index (χ2n) is 4.53. The first-order chi connectivity index (χ1) is 10.3. The number of aromatic nitrogens is 1. The number of fused-ring (bicyclic) bond motifs is 1. The molecular weight excluding hydrogens is 286 g/mol. The molecule has 4 heteroatoms. The minimum absolute atomic E-state index is 0.336. The molecule has 106 valence electrons. The van der Waals surface area contributed by atoms with E-state index in [0.29, 0.717) is 23.3 Å². The summed E-state index contributed by atoms with van der Waals surface area (Å²) in [7, 11) is 1.61. The number of hydrogen-bond donors (Lipinski definition) is 0. The van der Waals surface area contributed by atoms with Crippen LogP contribution in [0.3, 0.4) is 0 Å². The molecule has 2 aromatic carbocycles. The molecule has 1 aromatic heterocycles. The lowest BCUT2D eigenvalue weighted by Crippen LogP contribution is -1.96. The number of pyridine rings is 1. The normalized spacial score (nSPS) is 10.6. The number of methoxy groups -OCH3 is 1. The number of alkyl halides is 1. The van der Waals surface area contributed by atoms with Crippen molar-refractivity contribution in [2.45, 2.75) is 5.88 Å². The van der Waals surface area contributed by atoms with Crippen LogP contribution in [-0.4, -0.2) is 12.1 Å². The summed E-state index contributed by atoms with van der Waals surface area (Å²) in [4.78, 5) is 4.55. The van der Waals surface area contributed by atoms with Crippen molar-refractivity contribution in [2.75, 3.05) is 7.11 Å². The average molecular weight is 300 g/mol. The molecule has 0 aliphatic carbocycles. The van der Waals surface area contributed by atoms with Crippen LogP contribution in [-0.2, 0) is 5.88 Å². The van der Waals surface area contributed by atoms with Crippen LogP contribution >= 0.6 is 11.6 Å². The standard InChI is InChI=1S/C17H14ClNO2/c1-20-15-8-4-5-9-16(15)21-17-13(11-18)10-12-6-2-3-7-14(12)19-17/h2-10H,11H2,1H3. The van der Waals surface area contributed by atoms with Crippen molar-refractivity contribution < 1.29 is 9.47 Å². The Balaban J connectivity index is 2.06. The third-order valence-corrected chi connectivity index (χ3v) is 3.47. The number of nitrogens with zero attached hydrogens (tertiary/aromatic N) is 1. The lowest BCUT2D eigenvalue weighted by Gasteiger charge is -2.12. The quantitative estimate of drug-likeness (QED) is 0.650. The Morgan fingerprint density at radius 1 is 1.00 bits per heavy atom. The molecule has 0 unspecified atom stereocenters. The predicted molar refractivity (Wildman–Crippen MR) is 84.4 cm³/mol. The van der Waals surface area contributed by atoms with E-state index in [9.17, 15) is 0 Å². The Bertz CT molecular complexity index is 774. The summed E-state index contributed by atoms with van der Waals surface area (Å²) in [5, 5.41) is 1.04. The van der Waals surface area contributed by atoms with Gasteiger partial charge in [0.2, 0.25) is 5.88 Å². The molecule has 0 fully saturated rings. The van der Waals surface area contributed by atoms with Crippen molar-refractivity contribution in [3.05, 3.63) is 60.2 Å². The molecule has 0 saturated heterocycles. The number of halogens is 1. The maximum absolute atomic E-state index is 6.02. The fourth-order valence-corrected chi connectivity index (χ4v) is 2.32. The third kappa shape index (κ3) is 2.78. The molecule has 0 aliphatic heterocycles. The summed E-state index contributed by atoms with van der Waals surface area (Å²) in [6.45, 7) is 0. The molecule has 0 amide bonds. The molecular formula is C17H14ClNO2. The summed E-state index contributed by atoms with van der Waals surface area (Å²) in [5.74, 6) is 2.12. The van der Waals surface area contributed by atoms with Crippen LogP contribution in [0.2, 0.25) is 0 Å². The van der Waals surface area contributed by atoms with Gasteiger partial charge in [-0.15, -0.1) is 11.6 Å². The fraction of sp³-hybridized carbons (Fsp3) is 0.118. The highest BCUT2D eigenvalue weighted by Gasteiger charge is 2.11. The molecule has 0 radical (unpaired) electrons. The Morgan fingerprint density at radius 3 is 2.48 bits per heavy atom. The van der Waals surface area contributed by atoms with Crippen LogP contribution in [0.5, 0.6) is 17.4 Å². The van der Waals surface area contributed by atoms with E-state index >= 15 is 0 Å². The minimum atomic E-state index is 0.336. The smallest absolute Gasteiger partial charge is 0.224 e. The molecule has 0 aliphatic rings. The van der Waals surface area contributed by atoms with Gasteiger partial charge in [0.05, 0.1) is 18.5 Å². The van der Waals surface area contributed by atoms with Gasteiger partial charge < -0.3 is 9.47 Å². The molecule has 0 spiro atoms. The van der Waals surface area contributed by atoms with E-state index in [-0.39, 0.29) is 0 Å². The van der Waals surface area contributed by atoms with E-state index in [4.69, 9.17) is 21.1 Å². The van der Waals surface area contributed by atoms with Crippen molar-refractivity contribution in [1.82, 2.24) is 4.98 Å². The summed E-state index contributed by atoms with van der Waals surface area (Å²) >= 11 is 6.02. The molecule has 0 bridgehead atoms. The summed E-state index contributed by atoms with van der Waals surface area (Å²) in [5.41, 5.74) is 1.72. The van der Waals surface area contributed by atoms with E-state index in [0.717, 1.165) is 16.5 Å². The first-order valence-corrected chi connectivity index (χ1v) is 7.11. The zero-order chi connectivity index (χ0) is 14.7. The van der Waals surface area contributed by atoms with E-state index in [2.05, 4.69) is 4.98 Å². The second-order valence-corrected chi connectivity index (χ2v) is 4.80. The van der Waals surface area contributed by atoms with Gasteiger partial charge in [-0.3, -0.25) is 0 Å². The number of ether oxygens (including phenoxy) is 2. The number of para-hydroxylation sites is 3. The lowest BCUT2D eigenvalue weighted by atomic mass is 10.1. The van der Waals surface area contributed by atoms with Gasteiger partial charge >= 0.3 is 0 Å². The fourth-order valence-electron chi connectivity index (χ4n) is 2.13. The Kier molecular flexibility index (Phi) is 3.93. The molecule has 3 rings (SSSR count). The van der Waals surface area contributed by atoms with Crippen LogP contribution in [0.15, 0.2) is 54.6 Å². The highest BCUT2D eigenvalue weighted by atomic mass is 35.5. The van der Waals surface area contributed by atoms with Crippen molar-refractivity contribution in [3.63, 3.8) is 0 Å². The largest absolute Gasteiger partial charge is 0.493 e.